The summed E-state index contributed by atoms with van der Waals surface area (Å²) in [5.41, 5.74) is 0. The fraction of sp³-hybridized carbons (Fsp3) is 1.00. The van der Waals surface area contributed by atoms with Gasteiger partial charge >= 0.3 is 0 Å². The van der Waals surface area contributed by atoms with Gasteiger partial charge in [0, 0.05) is 13.2 Å². The molecule has 2 nitrogen and oxygen atoms in total. The molecule has 0 radical (unpaired) electrons. The Bertz CT molecular complexity index is 161. The molecule has 0 bridgehead atoms. The Balaban J connectivity index is 2.45. The first kappa shape index (κ1) is 12.2. The van der Waals surface area contributed by atoms with Crippen LogP contribution < -0.4 is 0 Å². The number of hydrogen-bond acceptors (Lipinski definition) is 2. The van der Waals surface area contributed by atoms with Crippen LogP contribution in [0.1, 0.15) is 25.7 Å². The van der Waals surface area contributed by atoms with Gasteiger partial charge in [-0.05, 0) is 19.0 Å². The summed E-state index contributed by atoms with van der Waals surface area (Å²) in [5.74, 6) is 0. The predicted molar refractivity (Wildman–Crippen MR) is 64.2 cm³/mol. The highest BCUT2D eigenvalue weighted by molar-refractivity contribution is 6.76. The second-order valence-corrected chi connectivity index (χ2v) is 11.1. The fourth-order valence-corrected chi connectivity index (χ4v) is 3.89. The molecule has 0 unspecified atom stereocenters. The largest absolute Gasteiger partial charge is 0.369 e. The minimum Gasteiger partial charge on any atom is -0.369 e. The lowest BCUT2D eigenvalue weighted by Gasteiger charge is -2.32. The van der Waals surface area contributed by atoms with Crippen LogP contribution in [0, 0.1) is 0 Å². The monoisotopic (exact) mass is 215 g/mol. The van der Waals surface area contributed by atoms with E-state index in [1.165, 1.54) is 31.9 Å². The van der Waals surface area contributed by atoms with E-state index < -0.39 is 8.07 Å². The molecule has 1 aliphatic rings. The molecule has 0 aromatic heterocycles. The lowest BCUT2D eigenvalue weighted by Crippen LogP contribution is -2.45. The zero-order valence-corrected chi connectivity index (χ0v) is 11.2. The van der Waals surface area contributed by atoms with Crippen molar-refractivity contribution in [3.8, 4) is 0 Å². The van der Waals surface area contributed by atoms with Crippen molar-refractivity contribution in [1.29, 1.82) is 0 Å². The van der Waals surface area contributed by atoms with E-state index in [1.807, 2.05) is 7.11 Å². The summed E-state index contributed by atoms with van der Waals surface area (Å²) in [6.07, 6.45) is 6.88. The highest BCUT2D eigenvalue weighted by atomic mass is 28.3. The molecule has 0 atom stereocenters. The summed E-state index contributed by atoms with van der Waals surface area (Å²) in [7, 11) is 0.833. The lowest BCUT2D eigenvalue weighted by atomic mass is 10.2. The van der Waals surface area contributed by atoms with Crippen LogP contribution in [0.5, 0.6) is 0 Å². The maximum absolute atomic E-state index is 5.31. The molecule has 3 heteroatoms. The molecule has 0 aromatic carbocycles. The van der Waals surface area contributed by atoms with Crippen molar-refractivity contribution in [2.45, 2.75) is 51.4 Å². The summed E-state index contributed by atoms with van der Waals surface area (Å²) >= 11 is 0. The van der Waals surface area contributed by atoms with Crippen LogP contribution in [0.25, 0.3) is 0 Å². The third kappa shape index (κ3) is 4.11. The van der Waals surface area contributed by atoms with Gasteiger partial charge in [-0.1, -0.05) is 32.5 Å². The molecule has 84 valence electrons. The first-order valence-electron chi connectivity index (χ1n) is 5.76. The Morgan fingerprint density at radius 1 is 1.21 bits per heavy atom. The molecule has 14 heavy (non-hydrogen) atoms. The summed E-state index contributed by atoms with van der Waals surface area (Å²) in [4.78, 5) is 2.57. The van der Waals surface area contributed by atoms with Gasteiger partial charge in [-0.15, -0.1) is 0 Å². The maximum atomic E-state index is 5.31. The number of rotatable bonds is 5. The summed E-state index contributed by atoms with van der Waals surface area (Å²) < 4.78 is 5.31. The summed E-state index contributed by atoms with van der Waals surface area (Å²) in [5, 5.41) is 0. The van der Waals surface area contributed by atoms with Crippen LogP contribution in [0.15, 0.2) is 0 Å². The molecule has 0 N–H and O–H groups in total. The Kier molecular flexibility index (Phi) is 4.61. The van der Waals surface area contributed by atoms with Crippen LogP contribution in [0.3, 0.4) is 0 Å². The van der Waals surface area contributed by atoms with Crippen LogP contribution in [0.4, 0.5) is 0 Å². The van der Waals surface area contributed by atoms with Gasteiger partial charge in [0.05, 0.1) is 14.8 Å². The number of ether oxygens (including phenoxy) is 1. The number of nitrogens with zero attached hydrogens (tertiary/aromatic N) is 1. The Labute approximate surface area is 89.6 Å². The van der Waals surface area contributed by atoms with Crippen LogP contribution >= 0.6 is 0 Å². The van der Waals surface area contributed by atoms with Gasteiger partial charge in [0.15, 0.2) is 0 Å². The first-order chi connectivity index (χ1) is 6.53. The lowest BCUT2D eigenvalue weighted by molar-refractivity contribution is 0.0468. The van der Waals surface area contributed by atoms with Gasteiger partial charge in [0.25, 0.3) is 0 Å². The van der Waals surface area contributed by atoms with Crippen molar-refractivity contribution < 1.29 is 4.74 Å². The van der Waals surface area contributed by atoms with Crippen molar-refractivity contribution in [2.24, 2.45) is 0 Å². The zero-order valence-electron chi connectivity index (χ0n) is 10.2. The SMILES string of the molecule is COCN(C[Si](C)(C)C)C1CCCC1. The van der Waals surface area contributed by atoms with E-state index in [2.05, 4.69) is 24.5 Å². The highest BCUT2D eigenvalue weighted by Gasteiger charge is 2.26. The third-order valence-electron chi connectivity index (χ3n) is 2.81. The average Bonchev–Trinajstić information content (AvgIpc) is 2.52. The van der Waals surface area contributed by atoms with Crippen molar-refractivity contribution in [3.63, 3.8) is 0 Å². The second-order valence-electron chi connectivity index (χ2n) is 5.66. The first-order valence-corrected chi connectivity index (χ1v) is 9.46. The van der Waals surface area contributed by atoms with E-state index in [0.29, 0.717) is 0 Å². The van der Waals surface area contributed by atoms with Gasteiger partial charge in [-0.2, -0.15) is 0 Å². The molecule has 1 aliphatic carbocycles. The van der Waals surface area contributed by atoms with Gasteiger partial charge < -0.3 is 4.74 Å². The second kappa shape index (κ2) is 5.28. The van der Waals surface area contributed by atoms with E-state index in [9.17, 15) is 0 Å². The molecule has 0 heterocycles. The maximum Gasteiger partial charge on any atom is 0.0986 e. The quantitative estimate of drug-likeness (QED) is 0.516. The minimum atomic E-state index is -0.979. The molecule has 0 amide bonds. The molecule has 0 aliphatic heterocycles. The number of hydrogen-bond donors (Lipinski definition) is 0. The minimum absolute atomic E-state index is 0.807. The van der Waals surface area contributed by atoms with E-state index >= 15 is 0 Å². The Hall–Kier alpha value is 0.137. The third-order valence-corrected chi connectivity index (χ3v) is 4.17. The topological polar surface area (TPSA) is 12.5 Å². The summed E-state index contributed by atoms with van der Waals surface area (Å²) in [6.45, 7) is 8.13. The molecule has 1 saturated carbocycles. The molecule has 1 rings (SSSR count). The van der Waals surface area contributed by atoms with Gasteiger partial charge in [-0.3, -0.25) is 4.90 Å². The van der Waals surface area contributed by atoms with Gasteiger partial charge in [0.1, 0.15) is 0 Å². The van der Waals surface area contributed by atoms with Crippen LogP contribution in [-0.4, -0.2) is 39.0 Å². The highest BCUT2D eigenvalue weighted by Crippen LogP contribution is 2.24. The molecule has 0 spiro atoms. The van der Waals surface area contributed by atoms with Crippen molar-refractivity contribution in [3.05, 3.63) is 0 Å². The Morgan fingerprint density at radius 3 is 2.21 bits per heavy atom. The molecule has 0 aromatic rings. The van der Waals surface area contributed by atoms with E-state index in [4.69, 9.17) is 4.74 Å². The molecule has 1 fully saturated rings. The fourth-order valence-electron chi connectivity index (χ4n) is 2.32. The summed E-state index contributed by atoms with van der Waals surface area (Å²) in [6, 6.07) is 0.807. The molecular formula is C11H25NOSi. The number of methoxy groups -OCH3 is 1. The predicted octanol–water partition coefficient (Wildman–Crippen LogP) is 2.71. The molecule has 0 saturated heterocycles. The van der Waals surface area contributed by atoms with Crippen molar-refractivity contribution in [2.75, 3.05) is 20.0 Å². The Morgan fingerprint density at radius 2 is 1.79 bits per heavy atom. The van der Waals surface area contributed by atoms with E-state index in [0.717, 1.165) is 12.8 Å². The standard InChI is InChI=1S/C11H25NOSi/c1-13-9-12(10-14(2,3)4)11-7-5-6-8-11/h11H,5-10H2,1-4H3. The molecular weight excluding hydrogens is 190 g/mol. The van der Waals surface area contributed by atoms with Crippen molar-refractivity contribution >= 4 is 8.07 Å². The van der Waals surface area contributed by atoms with Crippen molar-refractivity contribution in [1.82, 2.24) is 4.90 Å². The zero-order chi connectivity index (χ0) is 10.6. The average molecular weight is 215 g/mol. The van der Waals surface area contributed by atoms with Crippen LogP contribution in [0.2, 0.25) is 19.6 Å². The van der Waals surface area contributed by atoms with Gasteiger partial charge in [0.2, 0.25) is 0 Å². The van der Waals surface area contributed by atoms with Gasteiger partial charge in [-0.25, -0.2) is 0 Å². The van der Waals surface area contributed by atoms with Crippen LogP contribution in [-0.2, 0) is 4.74 Å². The van der Waals surface area contributed by atoms with E-state index in [1.54, 1.807) is 0 Å². The normalized spacial score (nSPS) is 19.5. The van der Waals surface area contributed by atoms with E-state index in [-0.39, 0.29) is 0 Å². The smallest absolute Gasteiger partial charge is 0.0986 e.